The lowest BCUT2D eigenvalue weighted by Crippen LogP contribution is -2.26. The third-order valence-corrected chi connectivity index (χ3v) is 4.33. The van der Waals surface area contributed by atoms with Crippen LogP contribution in [0.4, 0.5) is 5.69 Å². The van der Waals surface area contributed by atoms with Gasteiger partial charge in [-0.25, -0.2) is 0 Å². The van der Waals surface area contributed by atoms with Crippen molar-refractivity contribution in [3.63, 3.8) is 0 Å². The van der Waals surface area contributed by atoms with E-state index in [2.05, 4.69) is 35.1 Å². The van der Waals surface area contributed by atoms with E-state index in [4.69, 9.17) is 0 Å². The molecule has 0 bridgehead atoms. The maximum Gasteiger partial charge on any atom is 0.0442 e. The summed E-state index contributed by atoms with van der Waals surface area (Å²) in [4.78, 5) is 6.87. The van der Waals surface area contributed by atoms with E-state index in [-0.39, 0.29) is 0 Å². The molecule has 2 heterocycles. The highest BCUT2D eigenvalue weighted by molar-refractivity contribution is 5.52. The first-order chi connectivity index (χ1) is 9.85. The van der Waals surface area contributed by atoms with Crippen LogP contribution < -0.4 is 10.2 Å². The molecule has 1 atom stereocenters. The van der Waals surface area contributed by atoms with Crippen molar-refractivity contribution in [2.75, 3.05) is 24.5 Å². The topological polar surface area (TPSA) is 28.2 Å². The van der Waals surface area contributed by atoms with Gasteiger partial charge in [-0.2, -0.15) is 0 Å². The van der Waals surface area contributed by atoms with Crippen molar-refractivity contribution in [2.45, 2.75) is 52.5 Å². The van der Waals surface area contributed by atoms with Gasteiger partial charge < -0.3 is 10.2 Å². The van der Waals surface area contributed by atoms with E-state index in [1.54, 1.807) is 0 Å². The number of nitrogens with one attached hydrogen (secondary N) is 1. The summed E-state index contributed by atoms with van der Waals surface area (Å²) in [5.74, 6) is 0.934. The van der Waals surface area contributed by atoms with Crippen molar-refractivity contribution in [3.8, 4) is 0 Å². The first-order valence-electron chi connectivity index (χ1n) is 8.23. The van der Waals surface area contributed by atoms with Gasteiger partial charge in [-0.05, 0) is 37.8 Å². The van der Waals surface area contributed by atoms with Crippen LogP contribution in [-0.2, 0) is 6.54 Å². The molecule has 2 rings (SSSR count). The first kappa shape index (κ1) is 15.3. The van der Waals surface area contributed by atoms with Crippen LogP contribution in [0, 0.1) is 5.92 Å². The van der Waals surface area contributed by atoms with Gasteiger partial charge in [-0.15, -0.1) is 0 Å². The number of aromatic nitrogens is 1. The van der Waals surface area contributed by atoms with Crippen LogP contribution in [0.3, 0.4) is 0 Å². The highest BCUT2D eigenvalue weighted by atomic mass is 15.1. The van der Waals surface area contributed by atoms with Crippen LogP contribution in [0.15, 0.2) is 18.5 Å². The average molecular weight is 275 g/mol. The molecule has 1 aromatic rings. The van der Waals surface area contributed by atoms with E-state index in [1.807, 2.05) is 12.4 Å². The summed E-state index contributed by atoms with van der Waals surface area (Å²) < 4.78 is 0. The standard InChI is InChI=1S/C17H29N3/c1-3-6-15-7-5-11-20(12-9-15)17-8-10-19-14-16(17)13-18-4-2/h8,10,14-15,18H,3-7,9,11-13H2,1-2H3. The summed E-state index contributed by atoms with van der Waals surface area (Å²) in [6.45, 7) is 8.79. The van der Waals surface area contributed by atoms with Crippen LogP contribution in [0.25, 0.3) is 0 Å². The normalized spacial score (nSPS) is 19.9. The molecule has 1 aliphatic heterocycles. The second-order valence-electron chi connectivity index (χ2n) is 5.86. The summed E-state index contributed by atoms with van der Waals surface area (Å²) in [5.41, 5.74) is 2.72. The first-order valence-corrected chi connectivity index (χ1v) is 8.23. The lowest BCUT2D eigenvalue weighted by atomic mass is 9.96. The Kier molecular flexibility index (Phi) is 6.31. The Labute approximate surface area is 123 Å². The number of hydrogen-bond donors (Lipinski definition) is 1. The maximum atomic E-state index is 4.29. The van der Waals surface area contributed by atoms with Gasteiger partial charge in [0, 0.05) is 43.3 Å². The molecule has 20 heavy (non-hydrogen) atoms. The molecule has 1 N–H and O–H groups in total. The number of nitrogens with zero attached hydrogens (tertiary/aromatic N) is 2. The largest absolute Gasteiger partial charge is 0.371 e. The molecular weight excluding hydrogens is 246 g/mol. The SMILES string of the molecule is CCCC1CCCN(c2ccncc2CNCC)CC1. The van der Waals surface area contributed by atoms with Gasteiger partial charge in [0.2, 0.25) is 0 Å². The van der Waals surface area contributed by atoms with E-state index in [0.717, 1.165) is 19.0 Å². The Morgan fingerprint density at radius 3 is 3.00 bits per heavy atom. The van der Waals surface area contributed by atoms with Gasteiger partial charge >= 0.3 is 0 Å². The molecule has 1 unspecified atom stereocenters. The minimum Gasteiger partial charge on any atom is -0.371 e. The molecule has 0 saturated carbocycles. The summed E-state index contributed by atoms with van der Waals surface area (Å²) in [7, 11) is 0. The molecular formula is C17H29N3. The van der Waals surface area contributed by atoms with E-state index in [0.29, 0.717) is 0 Å². The molecule has 3 nitrogen and oxygen atoms in total. The molecule has 1 aliphatic rings. The highest BCUT2D eigenvalue weighted by Crippen LogP contribution is 2.27. The summed E-state index contributed by atoms with van der Waals surface area (Å²) in [5, 5.41) is 3.42. The van der Waals surface area contributed by atoms with Gasteiger partial charge in [-0.1, -0.05) is 26.7 Å². The average Bonchev–Trinajstić information content (AvgIpc) is 2.71. The summed E-state index contributed by atoms with van der Waals surface area (Å²) >= 11 is 0. The fourth-order valence-electron chi connectivity index (χ4n) is 3.23. The number of anilines is 1. The molecule has 1 aromatic heterocycles. The zero-order chi connectivity index (χ0) is 14.2. The van der Waals surface area contributed by atoms with Crippen LogP contribution in [-0.4, -0.2) is 24.6 Å². The second kappa shape index (κ2) is 8.25. The van der Waals surface area contributed by atoms with Crippen molar-refractivity contribution >= 4 is 5.69 Å². The molecule has 0 amide bonds. The lowest BCUT2D eigenvalue weighted by Gasteiger charge is -2.25. The smallest absolute Gasteiger partial charge is 0.0442 e. The van der Waals surface area contributed by atoms with Gasteiger partial charge in [0.15, 0.2) is 0 Å². The molecule has 0 aliphatic carbocycles. The highest BCUT2D eigenvalue weighted by Gasteiger charge is 2.18. The molecule has 3 heteroatoms. The fourth-order valence-corrected chi connectivity index (χ4v) is 3.23. The van der Waals surface area contributed by atoms with Gasteiger partial charge in [0.25, 0.3) is 0 Å². The van der Waals surface area contributed by atoms with Crippen LogP contribution >= 0.6 is 0 Å². The predicted octanol–water partition coefficient (Wildman–Crippen LogP) is 3.60. The maximum absolute atomic E-state index is 4.29. The molecule has 112 valence electrons. The lowest BCUT2D eigenvalue weighted by molar-refractivity contribution is 0.435. The molecule has 1 saturated heterocycles. The van der Waals surface area contributed by atoms with Crippen LogP contribution in [0.5, 0.6) is 0 Å². The molecule has 0 spiro atoms. The third kappa shape index (κ3) is 4.20. The van der Waals surface area contributed by atoms with Crippen molar-refractivity contribution < 1.29 is 0 Å². The minimum atomic E-state index is 0.925. The Morgan fingerprint density at radius 2 is 2.20 bits per heavy atom. The van der Waals surface area contributed by atoms with Gasteiger partial charge in [-0.3, -0.25) is 4.98 Å². The Morgan fingerprint density at radius 1 is 1.30 bits per heavy atom. The van der Waals surface area contributed by atoms with Crippen molar-refractivity contribution in [2.24, 2.45) is 5.92 Å². The van der Waals surface area contributed by atoms with E-state index < -0.39 is 0 Å². The fraction of sp³-hybridized carbons (Fsp3) is 0.706. The second-order valence-corrected chi connectivity index (χ2v) is 5.86. The van der Waals surface area contributed by atoms with Gasteiger partial charge in [0.1, 0.15) is 0 Å². The van der Waals surface area contributed by atoms with Gasteiger partial charge in [0.05, 0.1) is 0 Å². The van der Waals surface area contributed by atoms with Crippen LogP contribution in [0.1, 0.15) is 51.5 Å². The molecule has 0 radical (unpaired) electrons. The number of rotatable bonds is 6. The van der Waals surface area contributed by atoms with E-state index in [1.165, 1.54) is 56.4 Å². The van der Waals surface area contributed by atoms with Crippen molar-refractivity contribution in [1.82, 2.24) is 10.3 Å². The Bertz CT molecular complexity index is 392. The van der Waals surface area contributed by atoms with E-state index in [9.17, 15) is 0 Å². The quantitative estimate of drug-likeness (QED) is 0.860. The number of hydrogen-bond acceptors (Lipinski definition) is 3. The zero-order valence-electron chi connectivity index (χ0n) is 13.1. The zero-order valence-corrected chi connectivity index (χ0v) is 13.1. The van der Waals surface area contributed by atoms with Crippen LogP contribution in [0.2, 0.25) is 0 Å². The summed E-state index contributed by atoms with van der Waals surface area (Å²) in [6, 6.07) is 2.19. The molecule has 0 aromatic carbocycles. The van der Waals surface area contributed by atoms with Crippen molar-refractivity contribution in [3.05, 3.63) is 24.0 Å². The predicted molar refractivity (Wildman–Crippen MR) is 86.1 cm³/mol. The molecule has 1 fully saturated rings. The van der Waals surface area contributed by atoms with E-state index >= 15 is 0 Å². The third-order valence-electron chi connectivity index (χ3n) is 4.33. The Hall–Kier alpha value is -1.09. The Balaban J connectivity index is 2.03. The monoisotopic (exact) mass is 275 g/mol. The summed E-state index contributed by atoms with van der Waals surface area (Å²) in [6.07, 6.45) is 10.7. The number of pyridine rings is 1. The van der Waals surface area contributed by atoms with Crippen molar-refractivity contribution in [1.29, 1.82) is 0 Å². The minimum absolute atomic E-state index is 0.925.